The minimum absolute atomic E-state index is 0.0815. The summed E-state index contributed by atoms with van der Waals surface area (Å²) in [4.78, 5) is 10.4. The van der Waals surface area contributed by atoms with E-state index in [9.17, 15) is 13.6 Å². The third kappa shape index (κ3) is 2.64. The van der Waals surface area contributed by atoms with Gasteiger partial charge in [0.2, 0.25) is 0 Å². The quantitative estimate of drug-likeness (QED) is 0.789. The molecule has 3 N–H and O–H groups in total. The summed E-state index contributed by atoms with van der Waals surface area (Å²) in [6.45, 7) is 0. The second-order valence-corrected chi connectivity index (χ2v) is 3.35. The van der Waals surface area contributed by atoms with Gasteiger partial charge in [0.25, 0.3) is 0 Å². The number of aliphatic carboxylic acids is 1. The summed E-state index contributed by atoms with van der Waals surface area (Å²) in [5, 5.41) is 8.00. The Morgan fingerprint density at radius 2 is 2.13 bits per heavy atom. The highest BCUT2D eigenvalue weighted by Gasteiger charge is 2.18. The second-order valence-electron chi connectivity index (χ2n) is 2.97. The molecule has 1 unspecified atom stereocenters. The van der Waals surface area contributed by atoms with Crippen LogP contribution in [0.5, 0.6) is 0 Å². The molecule has 15 heavy (non-hydrogen) atoms. The van der Waals surface area contributed by atoms with Crippen molar-refractivity contribution < 1.29 is 18.7 Å². The van der Waals surface area contributed by atoms with Gasteiger partial charge in [-0.15, -0.1) is 0 Å². The Morgan fingerprint density at radius 3 is 2.67 bits per heavy atom. The van der Waals surface area contributed by atoms with E-state index in [4.69, 9.17) is 22.4 Å². The van der Waals surface area contributed by atoms with Gasteiger partial charge in [0.15, 0.2) is 11.6 Å². The van der Waals surface area contributed by atoms with Crippen molar-refractivity contribution in [2.24, 2.45) is 5.73 Å². The van der Waals surface area contributed by atoms with Crippen molar-refractivity contribution >= 4 is 17.6 Å². The summed E-state index contributed by atoms with van der Waals surface area (Å²) in [5.74, 6) is -3.44. The van der Waals surface area contributed by atoms with Crippen molar-refractivity contribution in [2.75, 3.05) is 0 Å². The first-order valence-corrected chi connectivity index (χ1v) is 4.42. The zero-order valence-electron chi connectivity index (χ0n) is 7.51. The molecule has 0 aromatic heterocycles. The highest BCUT2D eigenvalue weighted by atomic mass is 35.5. The van der Waals surface area contributed by atoms with E-state index in [1.54, 1.807) is 0 Å². The van der Waals surface area contributed by atoms with Gasteiger partial charge in [0.1, 0.15) is 0 Å². The largest absolute Gasteiger partial charge is 0.481 e. The van der Waals surface area contributed by atoms with E-state index in [1.165, 1.54) is 6.07 Å². The molecule has 1 aromatic carbocycles. The average molecular weight is 236 g/mol. The van der Waals surface area contributed by atoms with Gasteiger partial charge in [-0.1, -0.05) is 17.7 Å². The summed E-state index contributed by atoms with van der Waals surface area (Å²) in [5.41, 5.74) is 5.54. The van der Waals surface area contributed by atoms with Gasteiger partial charge in [-0.3, -0.25) is 4.79 Å². The molecule has 0 heterocycles. The topological polar surface area (TPSA) is 63.3 Å². The zero-order chi connectivity index (χ0) is 11.6. The van der Waals surface area contributed by atoms with Crippen LogP contribution in [0.3, 0.4) is 0 Å². The maximum Gasteiger partial charge on any atom is 0.305 e. The normalized spacial score (nSPS) is 12.5. The first-order valence-electron chi connectivity index (χ1n) is 4.04. The third-order valence-electron chi connectivity index (χ3n) is 1.86. The average Bonchev–Trinajstić information content (AvgIpc) is 2.13. The molecule has 0 saturated carbocycles. The Kier molecular flexibility index (Phi) is 3.60. The number of halogens is 3. The Hall–Kier alpha value is -1.20. The van der Waals surface area contributed by atoms with Crippen molar-refractivity contribution in [2.45, 2.75) is 12.5 Å². The first-order chi connectivity index (χ1) is 6.93. The predicted octanol–water partition coefficient (Wildman–Crippen LogP) is 2.09. The summed E-state index contributed by atoms with van der Waals surface area (Å²) in [7, 11) is 0. The molecule has 3 nitrogen and oxygen atoms in total. The molecule has 1 aromatic rings. The fourth-order valence-electron chi connectivity index (χ4n) is 1.13. The van der Waals surface area contributed by atoms with E-state index in [0.717, 1.165) is 6.07 Å². The van der Waals surface area contributed by atoms with Crippen LogP contribution >= 0.6 is 11.6 Å². The molecular weight excluding hydrogens is 228 g/mol. The number of carboxylic acid groups (broad SMARTS) is 1. The predicted molar refractivity (Wildman–Crippen MR) is 50.5 cm³/mol. The van der Waals surface area contributed by atoms with E-state index < -0.39 is 35.1 Å². The fourth-order valence-corrected chi connectivity index (χ4v) is 1.42. The van der Waals surface area contributed by atoms with Crippen LogP contribution in [0.25, 0.3) is 0 Å². The summed E-state index contributed by atoms with van der Waals surface area (Å²) >= 11 is 5.49. The van der Waals surface area contributed by atoms with Gasteiger partial charge in [-0.05, 0) is 11.6 Å². The lowest BCUT2D eigenvalue weighted by molar-refractivity contribution is -0.137. The minimum Gasteiger partial charge on any atom is -0.481 e. The molecule has 0 radical (unpaired) electrons. The van der Waals surface area contributed by atoms with E-state index >= 15 is 0 Å². The standard InChI is InChI=1S/C9H8ClF2NO2/c10-8-4(6(13)3-7(14)15)1-2-5(11)9(8)12/h1-2,6H,3,13H2,(H,14,15). The van der Waals surface area contributed by atoms with E-state index in [2.05, 4.69) is 0 Å². The highest BCUT2D eigenvalue weighted by Crippen LogP contribution is 2.27. The Balaban J connectivity index is 3.05. The molecule has 1 atom stereocenters. The van der Waals surface area contributed by atoms with Crippen LogP contribution in [-0.4, -0.2) is 11.1 Å². The van der Waals surface area contributed by atoms with Crippen molar-refractivity contribution in [3.05, 3.63) is 34.4 Å². The van der Waals surface area contributed by atoms with Crippen LogP contribution < -0.4 is 5.73 Å². The molecule has 0 saturated heterocycles. The fraction of sp³-hybridized carbons (Fsp3) is 0.222. The van der Waals surface area contributed by atoms with Crippen LogP contribution in [0.15, 0.2) is 12.1 Å². The number of carbonyl (C=O) groups is 1. The van der Waals surface area contributed by atoms with Crippen molar-refractivity contribution in [1.82, 2.24) is 0 Å². The summed E-state index contributed by atoms with van der Waals surface area (Å²) in [6.07, 6.45) is -0.398. The smallest absolute Gasteiger partial charge is 0.305 e. The number of hydrogen-bond acceptors (Lipinski definition) is 2. The van der Waals surface area contributed by atoms with Gasteiger partial charge in [-0.25, -0.2) is 8.78 Å². The molecule has 0 spiro atoms. The molecule has 0 aliphatic rings. The third-order valence-corrected chi connectivity index (χ3v) is 2.24. The van der Waals surface area contributed by atoms with Crippen LogP contribution in [-0.2, 0) is 4.79 Å². The van der Waals surface area contributed by atoms with Crippen molar-refractivity contribution in [3.8, 4) is 0 Å². The number of nitrogens with two attached hydrogens (primary N) is 1. The lowest BCUT2D eigenvalue weighted by Crippen LogP contribution is -2.16. The van der Waals surface area contributed by atoms with Crippen LogP contribution in [0.2, 0.25) is 5.02 Å². The Bertz CT molecular complexity index is 398. The van der Waals surface area contributed by atoms with E-state index in [0.29, 0.717) is 0 Å². The monoisotopic (exact) mass is 235 g/mol. The molecule has 0 fully saturated rings. The summed E-state index contributed by atoms with van der Waals surface area (Å²) in [6, 6.07) is 1.08. The molecule has 82 valence electrons. The van der Waals surface area contributed by atoms with Gasteiger partial charge < -0.3 is 10.8 Å². The minimum atomic E-state index is -1.21. The van der Waals surface area contributed by atoms with Gasteiger partial charge in [0, 0.05) is 6.04 Å². The van der Waals surface area contributed by atoms with Crippen molar-refractivity contribution in [3.63, 3.8) is 0 Å². The molecule has 0 aliphatic carbocycles. The van der Waals surface area contributed by atoms with E-state index in [1.807, 2.05) is 0 Å². The number of carboxylic acids is 1. The van der Waals surface area contributed by atoms with Crippen LogP contribution in [0.1, 0.15) is 18.0 Å². The van der Waals surface area contributed by atoms with Crippen LogP contribution in [0.4, 0.5) is 8.78 Å². The molecule has 1 rings (SSSR count). The molecule has 0 bridgehead atoms. The maximum atomic E-state index is 13.0. The number of hydrogen-bond donors (Lipinski definition) is 2. The first kappa shape index (κ1) is 11.9. The van der Waals surface area contributed by atoms with Gasteiger partial charge in [-0.2, -0.15) is 0 Å². The van der Waals surface area contributed by atoms with Gasteiger partial charge >= 0.3 is 5.97 Å². The maximum absolute atomic E-state index is 13.0. The lowest BCUT2D eigenvalue weighted by Gasteiger charge is -2.11. The molecule has 0 aliphatic heterocycles. The summed E-state index contributed by atoms with van der Waals surface area (Å²) < 4.78 is 25.6. The second kappa shape index (κ2) is 4.55. The SMILES string of the molecule is NC(CC(=O)O)c1ccc(F)c(F)c1Cl. The zero-order valence-corrected chi connectivity index (χ0v) is 8.26. The number of benzene rings is 1. The van der Waals surface area contributed by atoms with Crippen molar-refractivity contribution in [1.29, 1.82) is 0 Å². The van der Waals surface area contributed by atoms with Crippen LogP contribution in [0, 0.1) is 11.6 Å². The highest BCUT2D eigenvalue weighted by molar-refractivity contribution is 6.31. The molecule has 6 heteroatoms. The molecular formula is C9H8ClF2NO2. The lowest BCUT2D eigenvalue weighted by atomic mass is 10.0. The van der Waals surface area contributed by atoms with Gasteiger partial charge in [0.05, 0.1) is 11.4 Å². The van der Waals surface area contributed by atoms with E-state index in [-0.39, 0.29) is 5.56 Å². The Labute approximate surface area is 89.5 Å². The molecule has 0 amide bonds. The Morgan fingerprint density at radius 1 is 1.53 bits per heavy atom. The number of rotatable bonds is 3.